The molecule has 0 atom stereocenters. The Morgan fingerprint density at radius 1 is 1.29 bits per heavy atom. The summed E-state index contributed by atoms with van der Waals surface area (Å²) in [5.41, 5.74) is 0.605. The molecule has 0 aliphatic heterocycles. The summed E-state index contributed by atoms with van der Waals surface area (Å²) in [5.74, 6) is 0.0611. The number of pyridine rings is 1. The number of carbonyl (C=O) groups is 1. The van der Waals surface area contributed by atoms with Crippen LogP contribution in [-0.2, 0) is 0 Å². The summed E-state index contributed by atoms with van der Waals surface area (Å²) < 4.78 is 5.43. The summed E-state index contributed by atoms with van der Waals surface area (Å²) in [5, 5.41) is 11.2. The largest absolute Gasteiger partial charge is 0.431 e. The molecule has 0 amide bonds. The maximum absolute atomic E-state index is 11.0. The Labute approximate surface area is 129 Å². The van der Waals surface area contributed by atoms with Gasteiger partial charge in [0.25, 0.3) is 0 Å². The molecule has 0 aliphatic carbocycles. The van der Waals surface area contributed by atoms with Gasteiger partial charge in [0.15, 0.2) is 6.29 Å². The van der Waals surface area contributed by atoms with Gasteiger partial charge in [0.1, 0.15) is 0 Å². The highest BCUT2D eigenvalue weighted by atomic mass is 35.5. The first kappa shape index (κ1) is 15.2. The third kappa shape index (κ3) is 3.29. The van der Waals surface area contributed by atoms with Crippen LogP contribution in [0, 0.1) is 17.0 Å². The van der Waals surface area contributed by atoms with Gasteiger partial charge in [-0.2, -0.15) is 0 Å². The fourth-order valence-electron chi connectivity index (χ4n) is 1.60. The highest BCUT2D eigenvalue weighted by molar-refractivity contribution is 6.42. The fraction of sp³-hybridized carbons (Fsp3) is 0.0769. The molecule has 0 unspecified atom stereocenters. The van der Waals surface area contributed by atoms with E-state index >= 15 is 0 Å². The second kappa shape index (κ2) is 6.07. The van der Waals surface area contributed by atoms with Crippen molar-refractivity contribution in [1.82, 2.24) is 4.98 Å². The van der Waals surface area contributed by atoms with Gasteiger partial charge in [-0.15, -0.1) is 0 Å². The van der Waals surface area contributed by atoms with Crippen LogP contribution >= 0.6 is 23.2 Å². The Morgan fingerprint density at radius 2 is 1.95 bits per heavy atom. The zero-order valence-corrected chi connectivity index (χ0v) is 12.2. The van der Waals surface area contributed by atoms with E-state index in [9.17, 15) is 14.9 Å². The summed E-state index contributed by atoms with van der Waals surface area (Å²) in [6.45, 7) is 1.67. The predicted octanol–water partition coefficient (Wildman–Crippen LogP) is 4.21. The van der Waals surface area contributed by atoms with E-state index in [4.69, 9.17) is 27.9 Å². The number of nitro benzene ring substituents is 1. The summed E-state index contributed by atoms with van der Waals surface area (Å²) >= 11 is 11.6. The monoisotopic (exact) mass is 326 g/mol. The van der Waals surface area contributed by atoms with Crippen LogP contribution in [0.4, 0.5) is 5.69 Å². The van der Waals surface area contributed by atoms with Crippen molar-refractivity contribution in [2.24, 2.45) is 0 Å². The number of nitro groups is 1. The number of hydrogen-bond acceptors (Lipinski definition) is 5. The van der Waals surface area contributed by atoms with E-state index in [0.717, 1.165) is 6.07 Å². The van der Waals surface area contributed by atoms with Crippen LogP contribution in [0.3, 0.4) is 0 Å². The minimum atomic E-state index is -0.632. The number of ether oxygens (including phenoxy) is 1. The SMILES string of the molecule is Cc1cc(C=O)cnc1Oc1cc(Cl)c(Cl)cc1[N+](=O)[O-]. The van der Waals surface area contributed by atoms with Gasteiger partial charge >= 0.3 is 5.69 Å². The third-order valence-electron chi connectivity index (χ3n) is 2.59. The quantitative estimate of drug-likeness (QED) is 0.477. The van der Waals surface area contributed by atoms with Crippen molar-refractivity contribution in [3.05, 3.63) is 55.7 Å². The van der Waals surface area contributed by atoms with E-state index in [0.29, 0.717) is 17.4 Å². The van der Waals surface area contributed by atoms with Crippen LogP contribution in [0.5, 0.6) is 11.6 Å². The Morgan fingerprint density at radius 3 is 2.52 bits per heavy atom. The molecule has 6 nitrogen and oxygen atoms in total. The first-order valence-corrected chi connectivity index (χ1v) is 6.41. The highest BCUT2D eigenvalue weighted by Crippen LogP contribution is 2.38. The minimum Gasteiger partial charge on any atom is -0.431 e. The van der Waals surface area contributed by atoms with Gasteiger partial charge in [-0.1, -0.05) is 23.2 Å². The van der Waals surface area contributed by atoms with Crippen LogP contribution < -0.4 is 4.74 Å². The molecular weight excluding hydrogens is 319 g/mol. The normalized spacial score (nSPS) is 10.2. The van der Waals surface area contributed by atoms with Crippen LogP contribution in [0.1, 0.15) is 15.9 Å². The number of carbonyl (C=O) groups excluding carboxylic acids is 1. The first-order chi connectivity index (χ1) is 9.92. The Hall–Kier alpha value is -2.18. The Kier molecular flexibility index (Phi) is 4.40. The molecule has 108 valence electrons. The first-order valence-electron chi connectivity index (χ1n) is 5.65. The molecule has 1 aromatic carbocycles. The molecule has 0 N–H and O–H groups in total. The maximum atomic E-state index is 11.0. The predicted molar refractivity (Wildman–Crippen MR) is 77.6 cm³/mol. The number of hydrogen-bond donors (Lipinski definition) is 0. The fourth-order valence-corrected chi connectivity index (χ4v) is 1.91. The second-order valence-electron chi connectivity index (χ2n) is 4.10. The number of rotatable bonds is 4. The van der Waals surface area contributed by atoms with E-state index < -0.39 is 4.92 Å². The molecule has 0 fully saturated rings. The van der Waals surface area contributed by atoms with Gasteiger partial charge in [0.05, 0.1) is 15.0 Å². The van der Waals surface area contributed by atoms with Crippen molar-refractivity contribution in [3.8, 4) is 11.6 Å². The number of aromatic nitrogens is 1. The van der Waals surface area contributed by atoms with Crippen molar-refractivity contribution < 1.29 is 14.5 Å². The summed E-state index contributed by atoms with van der Waals surface area (Å²) in [6, 6.07) is 3.91. The van der Waals surface area contributed by atoms with Crippen molar-refractivity contribution in [2.75, 3.05) is 0 Å². The summed E-state index contributed by atoms with van der Waals surface area (Å²) in [4.78, 5) is 25.0. The average molecular weight is 327 g/mol. The molecule has 0 saturated carbocycles. The molecular formula is C13H8Cl2N2O4. The lowest BCUT2D eigenvalue weighted by atomic mass is 10.2. The van der Waals surface area contributed by atoms with Crippen molar-refractivity contribution >= 4 is 35.2 Å². The molecule has 1 aromatic heterocycles. The minimum absolute atomic E-state index is 0.0525. The third-order valence-corrected chi connectivity index (χ3v) is 3.31. The second-order valence-corrected chi connectivity index (χ2v) is 4.92. The molecule has 0 bridgehead atoms. The number of aryl methyl sites for hydroxylation is 1. The number of aldehydes is 1. The molecule has 0 aliphatic rings. The van der Waals surface area contributed by atoms with E-state index in [2.05, 4.69) is 4.98 Å². The standard InChI is InChI=1S/C13H8Cl2N2O4/c1-7-2-8(6-18)5-16-13(7)21-12-4-10(15)9(14)3-11(12)17(19)20/h2-6H,1H3. The van der Waals surface area contributed by atoms with Gasteiger partial charge in [0, 0.05) is 29.5 Å². The van der Waals surface area contributed by atoms with E-state index in [1.165, 1.54) is 12.3 Å². The lowest BCUT2D eigenvalue weighted by molar-refractivity contribution is -0.385. The Balaban J connectivity index is 2.46. The van der Waals surface area contributed by atoms with Crippen molar-refractivity contribution in [1.29, 1.82) is 0 Å². The van der Waals surface area contributed by atoms with E-state index in [1.54, 1.807) is 13.0 Å². The zero-order chi connectivity index (χ0) is 15.6. The molecule has 0 saturated heterocycles. The number of benzene rings is 1. The molecule has 0 spiro atoms. The molecule has 1 heterocycles. The van der Waals surface area contributed by atoms with E-state index in [-0.39, 0.29) is 27.4 Å². The average Bonchev–Trinajstić information content (AvgIpc) is 2.44. The van der Waals surface area contributed by atoms with Gasteiger partial charge in [-0.05, 0) is 13.0 Å². The highest BCUT2D eigenvalue weighted by Gasteiger charge is 2.20. The summed E-state index contributed by atoms with van der Waals surface area (Å²) in [6.07, 6.45) is 1.95. The van der Waals surface area contributed by atoms with Crippen LogP contribution in [-0.4, -0.2) is 16.2 Å². The van der Waals surface area contributed by atoms with Gasteiger partial charge < -0.3 is 4.74 Å². The number of halogens is 2. The lowest BCUT2D eigenvalue weighted by Gasteiger charge is -2.09. The smallest absolute Gasteiger partial charge is 0.313 e. The lowest BCUT2D eigenvalue weighted by Crippen LogP contribution is -1.97. The number of nitrogens with zero attached hydrogens (tertiary/aromatic N) is 2. The zero-order valence-electron chi connectivity index (χ0n) is 10.7. The van der Waals surface area contributed by atoms with E-state index in [1.807, 2.05) is 0 Å². The molecule has 8 heteroatoms. The molecule has 2 aromatic rings. The Bertz CT molecular complexity index is 734. The molecule has 0 radical (unpaired) electrons. The molecule has 2 rings (SSSR count). The summed E-state index contributed by atoms with van der Waals surface area (Å²) in [7, 11) is 0. The van der Waals surface area contributed by atoms with Crippen molar-refractivity contribution in [3.63, 3.8) is 0 Å². The topological polar surface area (TPSA) is 82.3 Å². The maximum Gasteiger partial charge on any atom is 0.313 e. The van der Waals surface area contributed by atoms with Crippen LogP contribution in [0.15, 0.2) is 24.4 Å². The van der Waals surface area contributed by atoms with Crippen LogP contribution in [0.2, 0.25) is 10.0 Å². The van der Waals surface area contributed by atoms with Crippen molar-refractivity contribution in [2.45, 2.75) is 6.92 Å². The van der Waals surface area contributed by atoms with Crippen LogP contribution in [0.25, 0.3) is 0 Å². The van der Waals surface area contributed by atoms with Gasteiger partial charge in [0.2, 0.25) is 11.6 Å². The van der Waals surface area contributed by atoms with Gasteiger partial charge in [-0.25, -0.2) is 4.98 Å². The van der Waals surface area contributed by atoms with Gasteiger partial charge in [-0.3, -0.25) is 14.9 Å². The molecule has 21 heavy (non-hydrogen) atoms.